The lowest BCUT2D eigenvalue weighted by atomic mass is 10.1. The summed E-state index contributed by atoms with van der Waals surface area (Å²) in [7, 11) is 0. The number of hydrogen-bond acceptors (Lipinski definition) is 1. The molecular weight excluding hydrogens is 244 g/mol. The van der Waals surface area contributed by atoms with Gasteiger partial charge in [-0.15, -0.1) is 0 Å². The van der Waals surface area contributed by atoms with E-state index >= 15 is 0 Å². The van der Waals surface area contributed by atoms with Crippen LogP contribution in [0.3, 0.4) is 0 Å². The molecule has 0 N–H and O–H groups in total. The number of carbonyl (C=O) groups excluding carboxylic acids is 1. The number of benzene rings is 2. The maximum atomic E-state index is 11.9. The summed E-state index contributed by atoms with van der Waals surface area (Å²) in [4.78, 5) is 11.9. The molecular formula is C16H13ClO. The molecule has 0 radical (unpaired) electrons. The molecule has 0 bridgehead atoms. The monoisotopic (exact) mass is 256 g/mol. The van der Waals surface area contributed by atoms with Crippen LogP contribution in [0.2, 0.25) is 5.02 Å². The Morgan fingerprint density at radius 2 is 1.89 bits per heavy atom. The van der Waals surface area contributed by atoms with Gasteiger partial charge in [-0.05, 0) is 36.8 Å². The lowest BCUT2D eigenvalue weighted by molar-refractivity contribution is 0.104. The first-order valence-corrected chi connectivity index (χ1v) is 6.07. The minimum Gasteiger partial charge on any atom is -0.289 e. The minimum atomic E-state index is -0.00123. The van der Waals surface area contributed by atoms with Gasteiger partial charge in [0.15, 0.2) is 5.78 Å². The van der Waals surface area contributed by atoms with E-state index in [1.165, 1.54) is 0 Å². The molecule has 0 amide bonds. The van der Waals surface area contributed by atoms with Crippen molar-refractivity contribution >= 4 is 23.5 Å². The third kappa shape index (κ3) is 3.31. The fraction of sp³-hybridized carbons (Fsp3) is 0.0625. The fourth-order valence-electron chi connectivity index (χ4n) is 1.68. The molecule has 1 nitrogen and oxygen atoms in total. The van der Waals surface area contributed by atoms with E-state index in [9.17, 15) is 4.79 Å². The first-order valence-electron chi connectivity index (χ1n) is 5.70. The molecule has 2 aromatic carbocycles. The first kappa shape index (κ1) is 12.6. The average Bonchev–Trinajstić information content (AvgIpc) is 2.36. The highest BCUT2D eigenvalue weighted by molar-refractivity contribution is 6.30. The molecule has 2 heteroatoms. The lowest BCUT2D eigenvalue weighted by Gasteiger charge is -1.98. The summed E-state index contributed by atoms with van der Waals surface area (Å²) in [5.41, 5.74) is 2.70. The Labute approximate surface area is 112 Å². The summed E-state index contributed by atoms with van der Waals surface area (Å²) in [5, 5.41) is 0.667. The van der Waals surface area contributed by atoms with E-state index in [2.05, 4.69) is 0 Å². The maximum Gasteiger partial charge on any atom is 0.185 e. The smallest absolute Gasteiger partial charge is 0.185 e. The van der Waals surface area contributed by atoms with Gasteiger partial charge >= 0.3 is 0 Å². The first-order chi connectivity index (χ1) is 8.65. The van der Waals surface area contributed by atoms with Gasteiger partial charge in [-0.25, -0.2) is 0 Å². The van der Waals surface area contributed by atoms with Gasteiger partial charge in [0.1, 0.15) is 0 Å². The molecule has 0 fully saturated rings. The molecule has 90 valence electrons. The predicted octanol–water partition coefficient (Wildman–Crippen LogP) is 4.54. The Balaban J connectivity index is 2.17. The molecule has 0 atom stereocenters. The van der Waals surface area contributed by atoms with Crippen molar-refractivity contribution < 1.29 is 4.79 Å². The second-order valence-corrected chi connectivity index (χ2v) is 4.56. The fourth-order valence-corrected chi connectivity index (χ4v) is 1.88. The van der Waals surface area contributed by atoms with Crippen molar-refractivity contribution in [3.05, 3.63) is 76.3 Å². The number of aryl methyl sites for hydroxylation is 1. The van der Waals surface area contributed by atoms with Crippen molar-refractivity contribution in [2.24, 2.45) is 0 Å². The molecule has 2 rings (SSSR count). The molecule has 0 heterocycles. The summed E-state index contributed by atoms with van der Waals surface area (Å²) in [6, 6.07) is 14.9. The van der Waals surface area contributed by atoms with E-state index in [1.807, 2.05) is 49.4 Å². The predicted molar refractivity (Wildman–Crippen MR) is 76.0 cm³/mol. The van der Waals surface area contributed by atoms with Gasteiger partial charge in [0, 0.05) is 10.6 Å². The number of ketones is 1. The van der Waals surface area contributed by atoms with Gasteiger partial charge in [-0.2, -0.15) is 0 Å². The van der Waals surface area contributed by atoms with Crippen LogP contribution in [-0.2, 0) is 0 Å². The molecule has 0 spiro atoms. The number of hydrogen-bond donors (Lipinski definition) is 0. The second kappa shape index (κ2) is 5.65. The van der Waals surface area contributed by atoms with Crippen LogP contribution in [-0.4, -0.2) is 5.78 Å². The van der Waals surface area contributed by atoms with Crippen molar-refractivity contribution in [3.63, 3.8) is 0 Å². The summed E-state index contributed by atoms with van der Waals surface area (Å²) in [5.74, 6) is -0.00123. The number of rotatable bonds is 3. The number of halogens is 1. The van der Waals surface area contributed by atoms with Crippen molar-refractivity contribution in [2.45, 2.75) is 6.92 Å². The molecule has 2 aromatic rings. The summed E-state index contributed by atoms with van der Waals surface area (Å²) in [6.45, 7) is 1.97. The maximum absolute atomic E-state index is 11.9. The van der Waals surface area contributed by atoms with Crippen LogP contribution in [0.5, 0.6) is 0 Å². The Hall–Kier alpha value is -1.86. The molecule has 0 saturated heterocycles. The standard InChI is InChI=1S/C16H13ClO/c1-12-4-2-6-14(10-12)16(18)9-8-13-5-3-7-15(17)11-13/h2-11H,1H3. The zero-order valence-corrected chi connectivity index (χ0v) is 10.8. The summed E-state index contributed by atoms with van der Waals surface area (Å²) >= 11 is 5.88. The molecule has 0 aromatic heterocycles. The molecule has 0 aliphatic heterocycles. The zero-order valence-electron chi connectivity index (χ0n) is 10.1. The van der Waals surface area contributed by atoms with E-state index < -0.39 is 0 Å². The van der Waals surface area contributed by atoms with Crippen molar-refractivity contribution in [2.75, 3.05) is 0 Å². The van der Waals surface area contributed by atoms with Gasteiger partial charge in [-0.3, -0.25) is 4.79 Å². The van der Waals surface area contributed by atoms with E-state index in [1.54, 1.807) is 18.2 Å². The molecule has 0 aliphatic rings. The van der Waals surface area contributed by atoms with Crippen LogP contribution in [0, 0.1) is 6.92 Å². The Morgan fingerprint density at radius 1 is 1.11 bits per heavy atom. The van der Waals surface area contributed by atoms with E-state index in [0.717, 1.165) is 11.1 Å². The minimum absolute atomic E-state index is 0.00123. The quantitative estimate of drug-likeness (QED) is 0.582. The van der Waals surface area contributed by atoms with Crippen LogP contribution in [0.15, 0.2) is 54.6 Å². The highest BCUT2D eigenvalue weighted by Crippen LogP contribution is 2.13. The lowest BCUT2D eigenvalue weighted by Crippen LogP contribution is -1.94. The van der Waals surface area contributed by atoms with E-state index in [4.69, 9.17) is 11.6 Å². The van der Waals surface area contributed by atoms with Crippen LogP contribution >= 0.6 is 11.6 Å². The van der Waals surface area contributed by atoms with Crippen molar-refractivity contribution in [1.29, 1.82) is 0 Å². The summed E-state index contributed by atoms with van der Waals surface area (Å²) in [6.07, 6.45) is 3.34. The topological polar surface area (TPSA) is 17.1 Å². The largest absolute Gasteiger partial charge is 0.289 e. The SMILES string of the molecule is Cc1cccc(C(=O)C=Cc2cccc(Cl)c2)c1. The Morgan fingerprint density at radius 3 is 2.61 bits per heavy atom. The van der Waals surface area contributed by atoms with Crippen molar-refractivity contribution in [3.8, 4) is 0 Å². The number of carbonyl (C=O) groups is 1. The Bertz CT molecular complexity index is 600. The van der Waals surface area contributed by atoms with Crippen LogP contribution in [0.25, 0.3) is 6.08 Å². The Kier molecular flexibility index (Phi) is 3.96. The van der Waals surface area contributed by atoms with Gasteiger partial charge in [0.25, 0.3) is 0 Å². The normalized spacial score (nSPS) is 10.8. The highest BCUT2D eigenvalue weighted by Gasteiger charge is 2.01. The van der Waals surface area contributed by atoms with Crippen LogP contribution in [0.1, 0.15) is 21.5 Å². The van der Waals surface area contributed by atoms with Crippen LogP contribution in [0.4, 0.5) is 0 Å². The van der Waals surface area contributed by atoms with Gasteiger partial charge in [-0.1, -0.05) is 53.6 Å². The molecule has 0 unspecified atom stereocenters. The average molecular weight is 257 g/mol. The highest BCUT2D eigenvalue weighted by atomic mass is 35.5. The zero-order chi connectivity index (χ0) is 13.0. The molecule has 18 heavy (non-hydrogen) atoms. The second-order valence-electron chi connectivity index (χ2n) is 4.12. The molecule has 0 saturated carbocycles. The van der Waals surface area contributed by atoms with Gasteiger partial charge < -0.3 is 0 Å². The summed E-state index contributed by atoms with van der Waals surface area (Å²) < 4.78 is 0. The van der Waals surface area contributed by atoms with Crippen molar-refractivity contribution in [1.82, 2.24) is 0 Å². The number of allylic oxidation sites excluding steroid dienone is 1. The van der Waals surface area contributed by atoms with Gasteiger partial charge in [0.05, 0.1) is 0 Å². The van der Waals surface area contributed by atoms with Gasteiger partial charge in [0.2, 0.25) is 0 Å². The third-order valence-electron chi connectivity index (χ3n) is 2.58. The van der Waals surface area contributed by atoms with Crippen LogP contribution < -0.4 is 0 Å². The third-order valence-corrected chi connectivity index (χ3v) is 2.81. The van der Waals surface area contributed by atoms with E-state index in [0.29, 0.717) is 10.6 Å². The van der Waals surface area contributed by atoms with E-state index in [-0.39, 0.29) is 5.78 Å². The molecule has 0 aliphatic carbocycles.